The molecule has 1 aliphatic rings. The van der Waals surface area contributed by atoms with Gasteiger partial charge in [0.1, 0.15) is 5.82 Å². The van der Waals surface area contributed by atoms with E-state index in [0.29, 0.717) is 12.0 Å². The summed E-state index contributed by atoms with van der Waals surface area (Å²) in [6.45, 7) is 5.32. The van der Waals surface area contributed by atoms with Crippen LogP contribution in [-0.2, 0) is 0 Å². The molecule has 0 N–H and O–H groups in total. The third-order valence-electron chi connectivity index (χ3n) is 3.03. The van der Waals surface area contributed by atoms with Crippen LogP contribution in [0.2, 0.25) is 0 Å². The highest BCUT2D eigenvalue weighted by Crippen LogP contribution is 2.31. The standard InChI is InChI=1S/C11H18BrN3S/c1-8(2)10-13-11(16-14-10)15(7-6-12)9-4-3-5-9/h8-9H,3-7H2,1-2H3. The second-order valence-corrected chi connectivity index (χ2v) is 6.08. The molecule has 1 heterocycles. The van der Waals surface area contributed by atoms with E-state index in [1.165, 1.54) is 19.3 Å². The van der Waals surface area contributed by atoms with Crippen LogP contribution >= 0.6 is 27.5 Å². The molecule has 0 saturated heterocycles. The monoisotopic (exact) mass is 303 g/mol. The van der Waals surface area contributed by atoms with Gasteiger partial charge in [0.2, 0.25) is 5.13 Å². The van der Waals surface area contributed by atoms with E-state index in [9.17, 15) is 0 Å². The molecular formula is C11H18BrN3S. The van der Waals surface area contributed by atoms with Gasteiger partial charge < -0.3 is 4.90 Å². The van der Waals surface area contributed by atoms with Crippen molar-refractivity contribution in [1.82, 2.24) is 9.36 Å². The maximum Gasteiger partial charge on any atom is 0.205 e. The molecule has 1 aromatic heterocycles. The largest absolute Gasteiger partial charge is 0.343 e. The molecule has 0 radical (unpaired) electrons. The minimum atomic E-state index is 0.428. The van der Waals surface area contributed by atoms with Crippen molar-refractivity contribution in [3.8, 4) is 0 Å². The van der Waals surface area contributed by atoms with Crippen LogP contribution in [0, 0.1) is 0 Å². The van der Waals surface area contributed by atoms with Gasteiger partial charge in [-0.05, 0) is 19.3 Å². The maximum absolute atomic E-state index is 4.64. The number of nitrogens with zero attached hydrogens (tertiary/aromatic N) is 3. The Morgan fingerprint density at radius 1 is 1.50 bits per heavy atom. The minimum Gasteiger partial charge on any atom is -0.343 e. The Labute approximate surface area is 110 Å². The molecule has 0 atom stereocenters. The van der Waals surface area contributed by atoms with Crippen molar-refractivity contribution < 1.29 is 0 Å². The summed E-state index contributed by atoms with van der Waals surface area (Å²) >= 11 is 5.07. The summed E-state index contributed by atoms with van der Waals surface area (Å²) in [4.78, 5) is 7.06. The van der Waals surface area contributed by atoms with Crippen molar-refractivity contribution in [3.63, 3.8) is 0 Å². The van der Waals surface area contributed by atoms with Crippen molar-refractivity contribution in [3.05, 3.63) is 5.82 Å². The molecule has 2 rings (SSSR count). The summed E-state index contributed by atoms with van der Waals surface area (Å²) in [5.74, 6) is 1.41. The zero-order valence-electron chi connectivity index (χ0n) is 9.82. The molecule has 1 aromatic rings. The predicted molar refractivity (Wildman–Crippen MR) is 72.8 cm³/mol. The summed E-state index contributed by atoms with van der Waals surface area (Å²) in [6.07, 6.45) is 3.98. The first-order chi connectivity index (χ1) is 7.72. The molecule has 0 aliphatic heterocycles. The van der Waals surface area contributed by atoms with E-state index in [-0.39, 0.29) is 0 Å². The molecule has 0 spiro atoms. The second-order valence-electron chi connectivity index (χ2n) is 4.56. The first kappa shape index (κ1) is 12.3. The number of halogens is 1. The van der Waals surface area contributed by atoms with Gasteiger partial charge in [-0.3, -0.25) is 0 Å². The molecule has 5 heteroatoms. The third-order valence-corrected chi connectivity index (χ3v) is 4.16. The summed E-state index contributed by atoms with van der Waals surface area (Å²) in [5.41, 5.74) is 0. The van der Waals surface area contributed by atoms with Gasteiger partial charge in [-0.2, -0.15) is 4.37 Å². The summed E-state index contributed by atoms with van der Waals surface area (Å²) < 4.78 is 4.43. The topological polar surface area (TPSA) is 29.0 Å². The summed E-state index contributed by atoms with van der Waals surface area (Å²) in [6, 6.07) is 0.700. The molecule has 16 heavy (non-hydrogen) atoms. The molecule has 0 bridgehead atoms. The van der Waals surface area contributed by atoms with E-state index in [1.807, 2.05) is 0 Å². The maximum atomic E-state index is 4.64. The number of anilines is 1. The highest BCUT2D eigenvalue weighted by molar-refractivity contribution is 9.09. The zero-order valence-corrected chi connectivity index (χ0v) is 12.2. The lowest BCUT2D eigenvalue weighted by Crippen LogP contribution is -2.41. The van der Waals surface area contributed by atoms with Crippen molar-refractivity contribution in [2.24, 2.45) is 0 Å². The van der Waals surface area contributed by atoms with Crippen LogP contribution in [-0.4, -0.2) is 27.3 Å². The number of aromatic nitrogens is 2. The number of hydrogen-bond donors (Lipinski definition) is 0. The first-order valence-corrected chi connectivity index (χ1v) is 7.78. The first-order valence-electron chi connectivity index (χ1n) is 5.88. The highest BCUT2D eigenvalue weighted by Gasteiger charge is 2.27. The fourth-order valence-electron chi connectivity index (χ4n) is 1.80. The van der Waals surface area contributed by atoms with Crippen LogP contribution in [0.15, 0.2) is 0 Å². The van der Waals surface area contributed by atoms with Gasteiger partial charge in [0.05, 0.1) is 0 Å². The molecule has 1 aliphatic carbocycles. The number of hydrogen-bond acceptors (Lipinski definition) is 4. The van der Waals surface area contributed by atoms with E-state index in [2.05, 4.69) is 44.0 Å². The van der Waals surface area contributed by atoms with Crippen LogP contribution < -0.4 is 4.90 Å². The minimum absolute atomic E-state index is 0.428. The van der Waals surface area contributed by atoms with E-state index in [1.54, 1.807) is 11.5 Å². The molecule has 0 aromatic carbocycles. The number of rotatable bonds is 5. The Bertz CT molecular complexity index is 336. The van der Waals surface area contributed by atoms with Gasteiger partial charge in [-0.1, -0.05) is 29.8 Å². The third kappa shape index (κ3) is 2.56. The van der Waals surface area contributed by atoms with Gasteiger partial charge in [0, 0.05) is 35.4 Å². The smallest absolute Gasteiger partial charge is 0.205 e. The van der Waals surface area contributed by atoms with Crippen LogP contribution in [0.1, 0.15) is 44.9 Å². The van der Waals surface area contributed by atoms with Gasteiger partial charge >= 0.3 is 0 Å². The Morgan fingerprint density at radius 3 is 2.69 bits per heavy atom. The Hall–Kier alpha value is -0.160. The molecule has 0 amide bonds. The quantitative estimate of drug-likeness (QED) is 0.781. The van der Waals surface area contributed by atoms with E-state index in [0.717, 1.165) is 22.8 Å². The predicted octanol–water partition coefficient (Wildman–Crippen LogP) is 3.42. The van der Waals surface area contributed by atoms with E-state index in [4.69, 9.17) is 0 Å². The Morgan fingerprint density at radius 2 is 2.25 bits per heavy atom. The lowest BCUT2D eigenvalue weighted by molar-refractivity contribution is 0.390. The molecule has 1 fully saturated rings. The molecule has 1 saturated carbocycles. The summed E-state index contributed by atoms with van der Waals surface area (Å²) in [5, 5.41) is 2.10. The van der Waals surface area contributed by atoms with Crippen molar-refractivity contribution >= 4 is 32.6 Å². The Balaban J connectivity index is 2.10. The van der Waals surface area contributed by atoms with Crippen molar-refractivity contribution in [1.29, 1.82) is 0 Å². The molecular weight excluding hydrogens is 286 g/mol. The van der Waals surface area contributed by atoms with Crippen LogP contribution in [0.3, 0.4) is 0 Å². The SMILES string of the molecule is CC(C)c1nsc(N(CCBr)C2CCC2)n1. The fraction of sp³-hybridized carbons (Fsp3) is 0.818. The lowest BCUT2D eigenvalue weighted by atomic mass is 9.92. The fourth-order valence-corrected chi connectivity index (χ4v) is 3.09. The van der Waals surface area contributed by atoms with Gasteiger partial charge in [0.15, 0.2) is 0 Å². The van der Waals surface area contributed by atoms with Gasteiger partial charge in [-0.15, -0.1) is 0 Å². The van der Waals surface area contributed by atoms with Crippen LogP contribution in [0.5, 0.6) is 0 Å². The van der Waals surface area contributed by atoms with Crippen LogP contribution in [0.25, 0.3) is 0 Å². The lowest BCUT2D eigenvalue weighted by Gasteiger charge is -2.36. The van der Waals surface area contributed by atoms with Gasteiger partial charge in [-0.25, -0.2) is 4.98 Å². The average molecular weight is 304 g/mol. The van der Waals surface area contributed by atoms with Gasteiger partial charge in [0.25, 0.3) is 0 Å². The van der Waals surface area contributed by atoms with E-state index >= 15 is 0 Å². The molecule has 90 valence electrons. The molecule has 3 nitrogen and oxygen atoms in total. The molecule has 0 unspecified atom stereocenters. The highest BCUT2D eigenvalue weighted by atomic mass is 79.9. The Kier molecular flexibility index (Phi) is 4.19. The zero-order chi connectivity index (χ0) is 11.5. The normalized spacial score (nSPS) is 16.5. The van der Waals surface area contributed by atoms with E-state index < -0.39 is 0 Å². The van der Waals surface area contributed by atoms with Crippen LogP contribution in [0.4, 0.5) is 5.13 Å². The second kappa shape index (κ2) is 5.45. The average Bonchev–Trinajstić information content (AvgIpc) is 2.62. The van der Waals surface area contributed by atoms with Crippen molar-refractivity contribution in [2.45, 2.75) is 45.1 Å². The number of alkyl halides is 1. The summed E-state index contributed by atoms with van der Waals surface area (Å²) in [7, 11) is 0. The van der Waals surface area contributed by atoms with Crippen molar-refractivity contribution in [2.75, 3.05) is 16.8 Å².